The Morgan fingerprint density at radius 3 is 2.19 bits per heavy atom. The SMILES string of the molecule is CNc1cc(-c2cc(OC)cc(OC)c2)nc(C2CC2)n1. The summed E-state index contributed by atoms with van der Waals surface area (Å²) in [7, 11) is 5.16. The molecule has 0 bridgehead atoms. The van der Waals surface area contributed by atoms with Crippen molar-refractivity contribution in [2.24, 2.45) is 0 Å². The van der Waals surface area contributed by atoms with E-state index in [1.807, 2.05) is 31.3 Å². The molecule has 21 heavy (non-hydrogen) atoms. The Labute approximate surface area is 124 Å². The lowest BCUT2D eigenvalue weighted by atomic mass is 10.1. The summed E-state index contributed by atoms with van der Waals surface area (Å²) in [6.45, 7) is 0. The number of hydrogen-bond donors (Lipinski definition) is 1. The van der Waals surface area contributed by atoms with Crippen molar-refractivity contribution in [2.45, 2.75) is 18.8 Å². The van der Waals surface area contributed by atoms with Crippen molar-refractivity contribution >= 4 is 5.82 Å². The molecule has 0 spiro atoms. The highest BCUT2D eigenvalue weighted by Crippen LogP contribution is 2.39. The topological polar surface area (TPSA) is 56.3 Å². The van der Waals surface area contributed by atoms with Crippen LogP contribution in [0.15, 0.2) is 24.3 Å². The lowest BCUT2D eigenvalue weighted by Crippen LogP contribution is -2.01. The maximum atomic E-state index is 5.33. The molecule has 3 rings (SSSR count). The fourth-order valence-electron chi connectivity index (χ4n) is 2.22. The maximum absolute atomic E-state index is 5.33. The van der Waals surface area contributed by atoms with E-state index < -0.39 is 0 Å². The molecule has 1 aliphatic rings. The van der Waals surface area contributed by atoms with E-state index in [9.17, 15) is 0 Å². The predicted molar refractivity (Wildman–Crippen MR) is 82.1 cm³/mol. The Kier molecular flexibility index (Phi) is 3.64. The molecule has 0 radical (unpaired) electrons. The van der Waals surface area contributed by atoms with Crippen molar-refractivity contribution in [2.75, 3.05) is 26.6 Å². The highest BCUT2D eigenvalue weighted by atomic mass is 16.5. The van der Waals surface area contributed by atoms with E-state index >= 15 is 0 Å². The number of ether oxygens (including phenoxy) is 2. The van der Waals surface area contributed by atoms with Crippen LogP contribution in [0.25, 0.3) is 11.3 Å². The Balaban J connectivity index is 2.08. The molecule has 5 nitrogen and oxygen atoms in total. The average Bonchev–Trinajstić information content (AvgIpc) is 3.38. The summed E-state index contributed by atoms with van der Waals surface area (Å²) in [6, 6.07) is 7.72. The van der Waals surface area contributed by atoms with Gasteiger partial charge in [0, 0.05) is 30.7 Å². The zero-order valence-corrected chi connectivity index (χ0v) is 12.5. The normalized spacial score (nSPS) is 13.9. The molecule has 1 N–H and O–H groups in total. The van der Waals surface area contributed by atoms with Crippen LogP contribution >= 0.6 is 0 Å². The van der Waals surface area contributed by atoms with Crippen molar-refractivity contribution < 1.29 is 9.47 Å². The summed E-state index contributed by atoms with van der Waals surface area (Å²) in [5.74, 6) is 3.76. The molecule has 2 aromatic rings. The molecule has 1 aromatic heterocycles. The van der Waals surface area contributed by atoms with Gasteiger partial charge < -0.3 is 14.8 Å². The van der Waals surface area contributed by atoms with Crippen LogP contribution in [-0.2, 0) is 0 Å². The largest absolute Gasteiger partial charge is 0.497 e. The molecule has 1 aromatic carbocycles. The lowest BCUT2D eigenvalue weighted by Gasteiger charge is -2.10. The quantitative estimate of drug-likeness (QED) is 0.915. The zero-order chi connectivity index (χ0) is 14.8. The predicted octanol–water partition coefficient (Wildman–Crippen LogP) is 3.08. The van der Waals surface area contributed by atoms with E-state index in [1.165, 1.54) is 12.8 Å². The summed E-state index contributed by atoms with van der Waals surface area (Å²) in [5, 5.41) is 3.10. The molecule has 1 aliphatic carbocycles. The number of nitrogens with one attached hydrogen (secondary N) is 1. The van der Waals surface area contributed by atoms with Gasteiger partial charge in [0.15, 0.2) is 0 Å². The van der Waals surface area contributed by atoms with Crippen LogP contribution in [0.4, 0.5) is 5.82 Å². The van der Waals surface area contributed by atoms with Gasteiger partial charge in [-0.05, 0) is 25.0 Å². The van der Waals surface area contributed by atoms with Crippen LogP contribution < -0.4 is 14.8 Å². The minimum absolute atomic E-state index is 0.504. The molecule has 1 heterocycles. The third-order valence-electron chi connectivity index (χ3n) is 3.59. The average molecular weight is 285 g/mol. The minimum Gasteiger partial charge on any atom is -0.497 e. The molecule has 0 unspecified atom stereocenters. The number of anilines is 1. The molecule has 1 saturated carbocycles. The van der Waals surface area contributed by atoms with Crippen LogP contribution in [0.2, 0.25) is 0 Å². The van der Waals surface area contributed by atoms with Gasteiger partial charge in [0.05, 0.1) is 19.9 Å². The van der Waals surface area contributed by atoms with Gasteiger partial charge in [-0.3, -0.25) is 0 Å². The van der Waals surface area contributed by atoms with Crippen molar-refractivity contribution in [3.63, 3.8) is 0 Å². The maximum Gasteiger partial charge on any atom is 0.134 e. The molecule has 0 saturated heterocycles. The highest BCUT2D eigenvalue weighted by Gasteiger charge is 2.27. The van der Waals surface area contributed by atoms with Crippen LogP contribution in [0.3, 0.4) is 0 Å². The second-order valence-electron chi connectivity index (χ2n) is 5.12. The van der Waals surface area contributed by atoms with Gasteiger partial charge in [-0.1, -0.05) is 0 Å². The van der Waals surface area contributed by atoms with E-state index in [2.05, 4.69) is 10.3 Å². The number of benzene rings is 1. The van der Waals surface area contributed by atoms with E-state index in [0.717, 1.165) is 34.4 Å². The molecular formula is C16H19N3O2. The van der Waals surface area contributed by atoms with E-state index in [0.29, 0.717) is 5.92 Å². The summed E-state index contributed by atoms with van der Waals surface area (Å²) < 4.78 is 10.7. The first-order valence-corrected chi connectivity index (χ1v) is 7.03. The van der Waals surface area contributed by atoms with E-state index in [4.69, 9.17) is 14.5 Å². The van der Waals surface area contributed by atoms with Gasteiger partial charge in [-0.25, -0.2) is 9.97 Å². The molecule has 1 fully saturated rings. The first kappa shape index (κ1) is 13.7. The van der Waals surface area contributed by atoms with Crippen LogP contribution in [0.1, 0.15) is 24.6 Å². The van der Waals surface area contributed by atoms with Crippen molar-refractivity contribution in [3.05, 3.63) is 30.1 Å². The first-order chi connectivity index (χ1) is 10.2. The number of methoxy groups -OCH3 is 2. The fourth-order valence-corrected chi connectivity index (χ4v) is 2.22. The van der Waals surface area contributed by atoms with Crippen molar-refractivity contribution in [1.29, 1.82) is 0 Å². The molecular weight excluding hydrogens is 266 g/mol. The van der Waals surface area contributed by atoms with Gasteiger partial charge >= 0.3 is 0 Å². The van der Waals surface area contributed by atoms with Gasteiger partial charge in [0.2, 0.25) is 0 Å². The number of hydrogen-bond acceptors (Lipinski definition) is 5. The van der Waals surface area contributed by atoms with Gasteiger partial charge in [-0.15, -0.1) is 0 Å². The summed E-state index contributed by atoms with van der Waals surface area (Å²) in [4.78, 5) is 9.24. The molecule has 0 atom stereocenters. The molecule has 0 aliphatic heterocycles. The van der Waals surface area contributed by atoms with Crippen molar-refractivity contribution in [3.8, 4) is 22.8 Å². The van der Waals surface area contributed by atoms with Gasteiger partial charge in [-0.2, -0.15) is 0 Å². The van der Waals surface area contributed by atoms with Crippen molar-refractivity contribution in [1.82, 2.24) is 9.97 Å². The number of aromatic nitrogens is 2. The molecule has 0 amide bonds. The minimum atomic E-state index is 0.504. The third-order valence-corrected chi connectivity index (χ3v) is 3.59. The second kappa shape index (κ2) is 5.60. The first-order valence-electron chi connectivity index (χ1n) is 7.03. The Bertz CT molecular complexity index is 632. The molecule has 5 heteroatoms. The van der Waals surface area contributed by atoms with Crippen LogP contribution in [0, 0.1) is 0 Å². The smallest absolute Gasteiger partial charge is 0.134 e. The standard InChI is InChI=1S/C16H19N3O2/c1-17-15-9-14(18-16(19-15)10-4-5-10)11-6-12(20-2)8-13(7-11)21-3/h6-10H,4-5H2,1-3H3,(H,17,18,19). The summed E-state index contributed by atoms with van der Waals surface area (Å²) >= 11 is 0. The van der Waals surface area contributed by atoms with Gasteiger partial charge in [0.25, 0.3) is 0 Å². The van der Waals surface area contributed by atoms with Crippen LogP contribution in [-0.4, -0.2) is 31.2 Å². The Morgan fingerprint density at radius 1 is 1.00 bits per heavy atom. The fraction of sp³-hybridized carbons (Fsp3) is 0.375. The lowest BCUT2D eigenvalue weighted by molar-refractivity contribution is 0.394. The summed E-state index contributed by atoms with van der Waals surface area (Å²) in [5.41, 5.74) is 1.85. The van der Waals surface area contributed by atoms with E-state index in [-0.39, 0.29) is 0 Å². The Morgan fingerprint density at radius 2 is 1.67 bits per heavy atom. The molecule has 110 valence electrons. The van der Waals surface area contributed by atoms with Crippen LogP contribution in [0.5, 0.6) is 11.5 Å². The Hall–Kier alpha value is -2.30. The van der Waals surface area contributed by atoms with E-state index in [1.54, 1.807) is 14.2 Å². The summed E-state index contributed by atoms with van der Waals surface area (Å²) in [6.07, 6.45) is 2.35. The number of nitrogens with zero attached hydrogens (tertiary/aromatic N) is 2. The third kappa shape index (κ3) is 2.91. The second-order valence-corrected chi connectivity index (χ2v) is 5.12. The number of rotatable bonds is 5. The zero-order valence-electron chi connectivity index (χ0n) is 12.5. The monoisotopic (exact) mass is 285 g/mol. The highest BCUT2D eigenvalue weighted by molar-refractivity contribution is 5.66. The van der Waals surface area contributed by atoms with Gasteiger partial charge in [0.1, 0.15) is 23.1 Å².